The quantitative estimate of drug-likeness (QED) is 0.391. The summed E-state index contributed by atoms with van der Waals surface area (Å²) in [7, 11) is -11.0. The molecule has 0 saturated carbocycles. The Hall–Kier alpha value is -0.643. The molecule has 16 heteroatoms. The summed E-state index contributed by atoms with van der Waals surface area (Å²) >= 11 is 0. The zero-order valence-electron chi connectivity index (χ0n) is 14.3. The lowest BCUT2D eigenvalue weighted by Gasteiger charge is -2.39. The highest BCUT2D eigenvalue weighted by Crippen LogP contribution is 2.59. The number of hydrogen-bond acceptors (Lipinski definition) is 3. The van der Waals surface area contributed by atoms with Crippen molar-refractivity contribution in [2.75, 3.05) is 0 Å². The van der Waals surface area contributed by atoms with Gasteiger partial charge in [-0.05, 0) is 18.1 Å². The van der Waals surface area contributed by atoms with E-state index in [0.717, 1.165) is 13.1 Å². The molecule has 0 radical (unpaired) electrons. The van der Waals surface area contributed by atoms with Gasteiger partial charge in [0.25, 0.3) is 0 Å². The van der Waals surface area contributed by atoms with Crippen LogP contribution in [-0.4, -0.2) is 45.9 Å². The fourth-order valence-corrected chi connectivity index (χ4v) is 5.22. The van der Waals surface area contributed by atoms with Crippen LogP contribution in [-0.2, 0) is 14.0 Å². The zero-order valence-corrected chi connectivity index (χ0v) is 16.1. The molecule has 0 aliphatic rings. The molecule has 0 fully saturated rings. The lowest BCUT2D eigenvalue weighted by molar-refractivity contribution is -0.413. The van der Waals surface area contributed by atoms with Crippen LogP contribution < -0.4 is 0 Å². The standard InChI is InChI=1S/C11H15F11O3SSi/c1-6(2,3)27(4,5)25-26(23,24)11(21,22)9(16,17)7(12,13)8(14,15)10(18,19)20/h1-5H3. The zero-order chi connectivity index (χ0) is 22.7. The summed E-state index contributed by atoms with van der Waals surface area (Å²) in [6.07, 6.45) is -7.37. The van der Waals surface area contributed by atoms with E-state index in [2.05, 4.69) is 3.87 Å². The van der Waals surface area contributed by atoms with E-state index in [1.54, 1.807) is 0 Å². The second-order valence-electron chi connectivity index (χ2n) is 7.04. The van der Waals surface area contributed by atoms with Gasteiger partial charge in [0.1, 0.15) is 0 Å². The second-order valence-corrected chi connectivity index (χ2v) is 13.6. The van der Waals surface area contributed by atoms with Gasteiger partial charge in [0.2, 0.25) is 8.32 Å². The van der Waals surface area contributed by atoms with Crippen molar-refractivity contribution >= 4 is 18.4 Å². The highest BCUT2D eigenvalue weighted by atomic mass is 32.2. The van der Waals surface area contributed by atoms with Crippen molar-refractivity contribution in [1.29, 1.82) is 0 Å². The molecule has 0 N–H and O–H groups in total. The molecule has 0 unspecified atom stereocenters. The Morgan fingerprint density at radius 1 is 0.667 bits per heavy atom. The van der Waals surface area contributed by atoms with E-state index < -0.39 is 52.7 Å². The van der Waals surface area contributed by atoms with E-state index in [4.69, 9.17) is 0 Å². The van der Waals surface area contributed by atoms with Gasteiger partial charge in [0.05, 0.1) is 0 Å². The third-order valence-electron chi connectivity index (χ3n) is 3.95. The molecule has 0 aromatic carbocycles. The van der Waals surface area contributed by atoms with Crippen LogP contribution in [0.3, 0.4) is 0 Å². The summed E-state index contributed by atoms with van der Waals surface area (Å²) in [4.78, 5) is 0. The van der Waals surface area contributed by atoms with Gasteiger partial charge < -0.3 is 3.87 Å². The molecule has 0 saturated heterocycles. The molecule has 0 bridgehead atoms. The van der Waals surface area contributed by atoms with Crippen LogP contribution in [0.4, 0.5) is 48.3 Å². The largest absolute Gasteiger partial charge is 0.460 e. The van der Waals surface area contributed by atoms with Crippen LogP contribution >= 0.6 is 0 Å². The van der Waals surface area contributed by atoms with Crippen molar-refractivity contribution in [3.8, 4) is 0 Å². The number of halogens is 11. The van der Waals surface area contributed by atoms with E-state index in [1.165, 1.54) is 20.8 Å². The van der Waals surface area contributed by atoms with Gasteiger partial charge in [-0.3, -0.25) is 0 Å². The topological polar surface area (TPSA) is 43.4 Å². The maximum Gasteiger partial charge on any atom is 0.460 e. The van der Waals surface area contributed by atoms with Crippen molar-refractivity contribution in [2.45, 2.75) is 68.1 Å². The normalized spacial score (nSPS) is 16.6. The second kappa shape index (κ2) is 6.43. The van der Waals surface area contributed by atoms with E-state index in [0.29, 0.717) is 0 Å². The molecule has 0 aromatic rings. The molecular formula is C11H15F11O3SSi. The molecule has 0 heterocycles. The summed E-state index contributed by atoms with van der Waals surface area (Å²) in [5.74, 6) is -23.1. The predicted octanol–water partition coefficient (Wildman–Crippen LogP) is 5.40. The summed E-state index contributed by atoms with van der Waals surface area (Å²) in [6.45, 7) is 5.47. The van der Waals surface area contributed by atoms with Crippen molar-refractivity contribution in [2.24, 2.45) is 0 Å². The summed E-state index contributed by atoms with van der Waals surface area (Å²) in [6, 6.07) is 0. The van der Waals surface area contributed by atoms with E-state index in [-0.39, 0.29) is 0 Å². The first kappa shape index (κ1) is 26.4. The van der Waals surface area contributed by atoms with Crippen molar-refractivity contribution < 1.29 is 60.6 Å². The molecule has 0 amide bonds. The Labute approximate surface area is 148 Å². The predicted molar refractivity (Wildman–Crippen MR) is 73.0 cm³/mol. The van der Waals surface area contributed by atoms with Crippen LogP contribution in [0, 0.1) is 0 Å². The van der Waals surface area contributed by atoms with Crippen LogP contribution in [0.1, 0.15) is 20.8 Å². The van der Waals surface area contributed by atoms with Gasteiger partial charge in [-0.1, -0.05) is 20.8 Å². The first-order chi connectivity index (χ1) is 11.2. The summed E-state index contributed by atoms with van der Waals surface area (Å²) < 4.78 is 169. The van der Waals surface area contributed by atoms with Gasteiger partial charge in [-0.15, -0.1) is 0 Å². The fourth-order valence-electron chi connectivity index (χ4n) is 1.17. The Bertz CT molecular complexity index is 662. The molecular weight excluding hydrogens is 449 g/mol. The Morgan fingerprint density at radius 2 is 1.00 bits per heavy atom. The monoisotopic (exact) mass is 464 g/mol. The van der Waals surface area contributed by atoms with E-state index in [9.17, 15) is 56.7 Å². The first-order valence-electron chi connectivity index (χ1n) is 6.74. The first-order valence-corrected chi connectivity index (χ1v) is 11.1. The third kappa shape index (κ3) is 3.93. The van der Waals surface area contributed by atoms with E-state index in [1.807, 2.05) is 0 Å². The molecule has 0 aliphatic heterocycles. The Morgan fingerprint density at radius 3 is 1.26 bits per heavy atom. The average Bonchev–Trinajstić information content (AvgIpc) is 2.33. The van der Waals surface area contributed by atoms with Crippen LogP contribution in [0.2, 0.25) is 18.1 Å². The van der Waals surface area contributed by atoms with E-state index >= 15 is 0 Å². The highest BCUT2D eigenvalue weighted by Gasteiger charge is 2.90. The molecule has 0 atom stereocenters. The minimum Gasteiger partial charge on any atom is -0.310 e. The summed E-state index contributed by atoms with van der Waals surface area (Å²) in [5.41, 5.74) is 0. The molecule has 0 aliphatic carbocycles. The van der Waals surface area contributed by atoms with Crippen LogP contribution in [0.15, 0.2) is 0 Å². The number of alkyl halides is 11. The Balaban J connectivity index is 6.42. The summed E-state index contributed by atoms with van der Waals surface area (Å²) in [5, 5.41) is -8.36. The van der Waals surface area contributed by atoms with Gasteiger partial charge in [-0.25, -0.2) is 0 Å². The minimum atomic E-state index is -7.81. The van der Waals surface area contributed by atoms with Crippen molar-refractivity contribution in [3.05, 3.63) is 0 Å². The van der Waals surface area contributed by atoms with Crippen LogP contribution in [0.5, 0.6) is 0 Å². The molecule has 0 rings (SSSR count). The van der Waals surface area contributed by atoms with Gasteiger partial charge in [-0.2, -0.15) is 56.7 Å². The van der Waals surface area contributed by atoms with Crippen molar-refractivity contribution in [1.82, 2.24) is 0 Å². The highest BCUT2D eigenvalue weighted by molar-refractivity contribution is 7.89. The lowest BCUT2D eigenvalue weighted by Crippen LogP contribution is -2.68. The van der Waals surface area contributed by atoms with Gasteiger partial charge in [0, 0.05) is 0 Å². The average molecular weight is 464 g/mol. The SMILES string of the molecule is CC(C)(C)[Si](C)(C)OS(=O)(=O)C(F)(F)C(F)(F)C(F)(F)C(F)(F)C(F)(F)F. The molecule has 0 spiro atoms. The van der Waals surface area contributed by atoms with Gasteiger partial charge in [0.15, 0.2) is 0 Å². The van der Waals surface area contributed by atoms with Crippen LogP contribution in [0.25, 0.3) is 0 Å². The lowest BCUT2D eigenvalue weighted by atomic mass is 10.0. The Kier molecular flexibility index (Phi) is 6.28. The van der Waals surface area contributed by atoms with Gasteiger partial charge >= 0.3 is 39.3 Å². The third-order valence-corrected chi connectivity index (χ3v) is 11.0. The molecule has 27 heavy (non-hydrogen) atoms. The maximum absolute atomic E-state index is 13.7. The van der Waals surface area contributed by atoms with Crippen molar-refractivity contribution in [3.63, 3.8) is 0 Å². The minimum absolute atomic E-state index is 0.904. The molecule has 0 aromatic heterocycles. The molecule has 3 nitrogen and oxygen atoms in total. The number of rotatable bonds is 6. The smallest absolute Gasteiger partial charge is 0.310 e. The fraction of sp³-hybridized carbons (Fsp3) is 1.00. The number of hydrogen-bond donors (Lipinski definition) is 0. The maximum atomic E-state index is 13.7. The molecule has 164 valence electrons.